The average Bonchev–Trinajstić information content (AvgIpc) is 2.99. The molecule has 0 aliphatic carbocycles. The summed E-state index contributed by atoms with van der Waals surface area (Å²) in [4.78, 5) is 35.1. The van der Waals surface area contributed by atoms with Crippen LogP contribution in [0.15, 0.2) is 92.2 Å². The van der Waals surface area contributed by atoms with Gasteiger partial charge in [-0.15, -0.1) is 0 Å². The summed E-state index contributed by atoms with van der Waals surface area (Å²) < 4.78 is 32.3. The zero-order valence-electron chi connectivity index (χ0n) is 23.5. The summed E-state index contributed by atoms with van der Waals surface area (Å²) >= 11 is 0. The largest absolute Gasteiger partial charge is 0.494 e. The van der Waals surface area contributed by atoms with E-state index in [0.29, 0.717) is 47.2 Å². The predicted molar refractivity (Wildman–Crippen MR) is 156 cm³/mol. The van der Waals surface area contributed by atoms with Gasteiger partial charge in [0.05, 0.1) is 18.4 Å². The highest BCUT2D eigenvalue weighted by atomic mass is 16.7. The Morgan fingerprint density at radius 1 is 0.714 bits per heavy atom. The van der Waals surface area contributed by atoms with Gasteiger partial charge in [-0.1, -0.05) is 26.0 Å². The normalized spacial score (nSPS) is 10.2. The van der Waals surface area contributed by atoms with Crippen molar-refractivity contribution in [3.63, 3.8) is 0 Å². The molecule has 0 aromatic heterocycles. The summed E-state index contributed by atoms with van der Waals surface area (Å²) in [6, 6.07) is 18.3. The minimum atomic E-state index is -0.585. The van der Waals surface area contributed by atoms with E-state index in [0.717, 1.165) is 43.8 Å². The second-order valence-electron chi connectivity index (χ2n) is 9.01. The maximum Gasteiger partial charge on any atom is 0.343 e. The van der Waals surface area contributed by atoms with Crippen molar-refractivity contribution in [2.75, 3.05) is 13.4 Å². The van der Waals surface area contributed by atoms with Crippen LogP contribution in [0.1, 0.15) is 48.0 Å². The highest BCUT2D eigenvalue weighted by Gasteiger charge is 2.12. The van der Waals surface area contributed by atoms with Crippen molar-refractivity contribution in [1.82, 2.24) is 0 Å². The summed E-state index contributed by atoms with van der Waals surface area (Å²) in [5.41, 5.74) is 1.01. The molecule has 3 aromatic rings. The first-order valence-corrected chi connectivity index (χ1v) is 13.4. The Morgan fingerprint density at radius 2 is 1.33 bits per heavy atom. The van der Waals surface area contributed by atoms with Crippen molar-refractivity contribution in [2.45, 2.75) is 39.0 Å². The molecule has 0 atom stereocenters. The van der Waals surface area contributed by atoms with Crippen molar-refractivity contribution in [3.8, 4) is 28.7 Å². The monoisotopic (exact) mass is 574 g/mol. The Hall–Kier alpha value is -5.05. The van der Waals surface area contributed by atoms with E-state index < -0.39 is 11.9 Å². The molecule has 0 N–H and O–H groups in total. The molecule has 3 aromatic carbocycles. The smallest absolute Gasteiger partial charge is 0.343 e. The lowest BCUT2D eigenvalue weighted by atomic mass is 10.1. The molecule has 0 saturated heterocycles. The second kappa shape index (κ2) is 16.9. The Labute approximate surface area is 245 Å². The number of aryl methyl sites for hydroxylation is 1. The molecule has 0 aliphatic heterocycles. The number of benzene rings is 3. The lowest BCUT2D eigenvalue weighted by molar-refractivity contribution is -0.138. The van der Waals surface area contributed by atoms with Gasteiger partial charge in [-0.2, -0.15) is 0 Å². The van der Waals surface area contributed by atoms with E-state index in [2.05, 4.69) is 17.9 Å². The highest BCUT2D eigenvalue weighted by Crippen LogP contribution is 2.25. The van der Waals surface area contributed by atoms with Gasteiger partial charge in [0, 0.05) is 12.5 Å². The number of rotatable bonds is 17. The third-order valence-corrected chi connectivity index (χ3v) is 5.86. The fourth-order valence-electron chi connectivity index (χ4n) is 3.67. The van der Waals surface area contributed by atoms with Crippen LogP contribution in [0, 0.1) is 6.92 Å². The van der Waals surface area contributed by atoms with Crippen molar-refractivity contribution in [3.05, 3.63) is 103 Å². The summed E-state index contributed by atoms with van der Waals surface area (Å²) in [5, 5.41) is 0. The van der Waals surface area contributed by atoms with Gasteiger partial charge >= 0.3 is 17.9 Å². The number of carbonyl (C=O) groups is 3. The maximum atomic E-state index is 12.5. The topological polar surface area (TPSA) is 107 Å². The molecule has 0 radical (unpaired) electrons. The minimum Gasteiger partial charge on any atom is -0.494 e. The summed E-state index contributed by atoms with van der Waals surface area (Å²) in [7, 11) is 0. The van der Waals surface area contributed by atoms with Gasteiger partial charge in [0.25, 0.3) is 0 Å². The van der Waals surface area contributed by atoms with Gasteiger partial charge in [-0.05, 0) is 92.1 Å². The molecule has 0 fully saturated rings. The lowest BCUT2D eigenvalue weighted by Crippen LogP contribution is -2.10. The van der Waals surface area contributed by atoms with E-state index in [4.69, 9.17) is 23.7 Å². The van der Waals surface area contributed by atoms with Gasteiger partial charge in [-0.25, -0.2) is 9.59 Å². The first-order chi connectivity index (χ1) is 20.4. The Morgan fingerprint density at radius 3 is 2.00 bits per heavy atom. The van der Waals surface area contributed by atoms with Crippen LogP contribution in [-0.4, -0.2) is 31.3 Å². The second-order valence-corrected chi connectivity index (χ2v) is 9.01. The number of carbonyl (C=O) groups excluding carboxylic acids is 3. The summed E-state index contributed by atoms with van der Waals surface area (Å²) in [6.07, 6.45) is 6.18. The van der Waals surface area contributed by atoms with Gasteiger partial charge in [0.2, 0.25) is 6.79 Å². The number of hydrogen-bond donors (Lipinski definition) is 0. The molecule has 0 spiro atoms. The molecule has 0 aliphatic rings. The predicted octanol–water partition coefficient (Wildman–Crippen LogP) is 6.74. The van der Waals surface area contributed by atoms with Crippen LogP contribution in [0.25, 0.3) is 0 Å². The van der Waals surface area contributed by atoms with Crippen LogP contribution in [0.5, 0.6) is 28.7 Å². The minimum absolute atomic E-state index is 0.0120. The van der Waals surface area contributed by atoms with E-state index in [1.165, 1.54) is 24.3 Å². The lowest BCUT2D eigenvalue weighted by Gasteiger charge is -2.12. The fourth-order valence-corrected chi connectivity index (χ4v) is 3.67. The van der Waals surface area contributed by atoms with E-state index in [1.807, 2.05) is 12.1 Å². The number of ether oxygens (including phenoxy) is 6. The third-order valence-electron chi connectivity index (χ3n) is 5.86. The molecule has 0 amide bonds. The Bertz CT molecular complexity index is 1340. The van der Waals surface area contributed by atoms with E-state index >= 15 is 0 Å². The molecule has 0 bridgehead atoms. The highest BCUT2D eigenvalue weighted by molar-refractivity contribution is 5.91. The quantitative estimate of drug-likeness (QED) is 0.0433. The van der Waals surface area contributed by atoms with Gasteiger partial charge in [0.15, 0.2) is 0 Å². The third kappa shape index (κ3) is 10.8. The van der Waals surface area contributed by atoms with Gasteiger partial charge < -0.3 is 28.4 Å². The first kappa shape index (κ1) is 31.5. The van der Waals surface area contributed by atoms with Crippen molar-refractivity contribution in [2.24, 2.45) is 0 Å². The van der Waals surface area contributed by atoms with Crippen LogP contribution in [-0.2, 0) is 14.3 Å². The molecule has 0 heterocycles. The molecule has 9 heteroatoms. The summed E-state index contributed by atoms with van der Waals surface area (Å²) in [5.74, 6) is 1.22. The van der Waals surface area contributed by atoms with Gasteiger partial charge in [-0.3, -0.25) is 4.79 Å². The van der Waals surface area contributed by atoms with Crippen LogP contribution in [0.4, 0.5) is 0 Å². The zero-order chi connectivity index (χ0) is 30.2. The Balaban J connectivity index is 1.36. The SMILES string of the molecule is C=COC(=O)CCCCCCOc1ccc(OCOc2ccc(OC(=O)c3ccc(OC(=O)C=C)cc3)c(C)c2)cc1. The van der Waals surface area contributed by atoms with E-state index in [9.17, 15) is 14.4 Å². The molecule has 9 nitrogen and oxygen atoms in total. The van der Waals surface area contributed by atoms with Crippen LogP contribution < -0.4 is 23.7 Å². The average molecular weight is 575 g/mol. The molecule has 220 valence electrons. The molecule has 42 heavy (non-hydrogen) atoms. The van der Waals surface area contributed by atoms with Crippen molar-refractivity contribution < 1.29 is 42.8 Å². The molecular formula is C33H34O9. The fraction of sp³-hybridized carbons (Fsp3) is 0.242. The van der Waals surface area contributed by atoms with E-state index in [1.54, 1.807) is 37.3 Å². The first-order valence-electron chi connectivity index (χ1n) is 13.4. The molecule has 3 rings (SSSR count). The molecular weight excluding hydrogens is 540 g/mol. The number of unbranched alkanes of at least 4 members (excludes halogenated alkanes) is 3. The van der Waals surface area contributed by atoms with Crippen molar-refractivity contribution in [1.29, 1.82) is 0 Å². The number of hydrogen-bond acceptors (Lipinski definition) is 9. The van der Waals surface area contributed by atoms with Crippen LogP contribution in [0.3, 0.4) is 0 Å². The zero-order valence-corrected chi connectivity index (χ0v) is 23.5. The Kier molecular flexibility index (Phi) is 12.7. The van der Waals surface area contributed by atoms with Gasteiger partial charge in [0.1, 0.15) is 28.7 Å². The standard InChI is InChI=1S/C33H34O9/c1-4-31(34)41-28-13-11-25(12-14-28)33(36)42-30-20-19-29(22-24(30)3)40-23-39-27-17-15-26(16-18-27)38-21-9-7-6-8-10-32(35)37-5-2/h4-5,11-20,22H,1-2,6-10,21,23H2,3H3. The van der Waals surface area contributed by atoms with Crippen molar-refractivity contribution >= 4 is 17.9 Å². The van der Waals surface area contributed by atoms with Crippen LogP contribution in [0.2, 0.25) is 0 Å². The summed E-state index contributed by atoms with van der Waals surface area (Å²) in [6.45, 7) is 9.08. The molecule has 0 saturated carbocycles. The number of esters is 3. The maximum absolute atomic E-state index is 12.5. The van der Waals surface area contributed by atoms with Crippen LogP contribution >= 0.6 is 0 Å². The molecule has 0 unspecified atom stereocenters. The van der Waals surface area contributed by atoms with E-state index in [-0.39, 0.29) is 12.8 Å².